The minimum atomic E-state index is 0.660. The van der Waals surface area contributed by atoms with Gasteiger partial charge >= 0.3 is 0 Å². The van der Waals surface area contributed by atoms with Gasteiger partial charge in [0.25, 0.3) is 0 Å². The third-order valence-electron chi connectivity index (χ3n) is 4.50. The minimum absolute atomic E-state index is 0.660. The van der Waals surface area contributed by atoms with Crippen LogP contribution in [0.3, 0.4) is 0 Å². The molecule has 0 radical (unpaired) electrons. The molecule has 6 nitrogen and oxygen atoms in total. The van der Waals surface area contributed by atoms with E-state index in [4.69, 9.17) is 16.3 Å². The Balaban J connectivity index is 1.64. The molecule has 0 unspecified atom stereocenters. The van der Waals surface area contributed by atoms with Crippen molar-refractivity contribution in [2.45, 2.75) is 13.1 Å². The second-order valence-corrected chi connectivity index (χ2v) is 6.91. The van der Waals surface area contributed by atoms with Gasteiger partial charge < -0.3 is 19.9 Å². The monoisotopic (exact) mass is 387 g/mol. The number of pyridine rings is 1. The number of nitrogens with one attached hydrogen (secondary N) is 1. The number of anilines is 1. The van der Waals surface area contributed by atoms with Crippen molar-refractivity contribution in [3.8, 4) is 0 Å². The fourth-order valence-electron chi connectivity index (χ4n) is 3.17. The molecular weight excluding hydrogens is 362 g/mol. The van der Waals surface area contributed by atoms with E-state index in [0.717, 1.165) is 60.8 Å². The van der Waals surface area contributed by atoms with Gasteiger partial charge in [0, 0.05) is 57.1 Å². The van der Waals surface area contributed by atoms with Gasteiger partial charge in [-0.1, -0.05) is 29.8 Å². The van der Waals surface area contributed by atoms with Gasteiger partial charge in [0.2, 0.25) is 0 Å². The molecule has 0 spiro atoms. The molecule has 0 saturated carbocycles. The summed E-state index contributed by atoms with van der Waals surface area (Å²) in [6.45, 7) is 4.61. The van der Waals surface area contributed by atoms with Crippen molar-refractivity contribution in [1.82, 2.24) is 15.2 Å². The maximum Gasteiger partial charge on any atom is 0.193 e. The number of aliphatic imine (C=N–C) groups is 1. The molecule has 2 aromatic rings. The average Bonchev–Trinajstić information content (AvgIpc) is 2.69. The minimum Gasteiger partial charge on any atom is -0.378 e. The molecule has 1 fully saturated rings. The molecule has 144 valence electrons. The van der Waals surface area contributed by atoms with Gasteiger partial charge in [-0.2, -0.15) is 0 Å². The number of nitrogens with zero attached hydrogens (tertiary/aromatic N) is 4. The van der Waals surface area contributed by atoms with E-state index >= 15 is 0 Å². The molecule has 0 aliphatic carbocycles. The van der Waals surface area contributed by atoms with Gasteiger partial charge in [0.15, 0.2) is 5.96 Å². The van der Waals surface area contributed by atoms with Crippen molar-refractivity contribution in [2.75, 3.05) is 45.3 Å². The van der Waals surface area contributed by atoms with E-state index in [1.54, 1.807) is 7.05 Å². The molecule has 1 aromatic carbocycles. The van der Waals surface area contributed by atoms with Gasteiger partial charge in [-0.3, -0.25) is 4.99 Å². The third kappa shape index (κ3) is 5.34. The van der Waals surface area contributed by atoms with Crippen molar-refractivity contribution < 1.29 is 4.74 Å². The van der Waals surface area contributed by atoms with E-state index in [1.807, 2.05) is 37.5 Å². The van der Waals surface area contributed by atoms with Gasteiger partial charge in [0.05, 0.1) is 13.2 Å². The summed E-state index contributed by atoms with van der Waals surface area (Å²) >= 11 is 6.09. The molecule has 0 bridgehead atoms. The van der Waals surface area contributed by atoms with Crippen LogP contribution >= 0.6 is 11.6 Å². The van der Waals surface area contributed by atoms with Crippen LogP contribution < -0.4 is 10.2 Å². The van der Waals surface area contributed by atoms with Crippen LogP contribution in [0.1, 0.15) is 11.1 Å². The molecule has 3 rings (SSSR count). The molecular formula is C20H26ClN5O. The van der Waals surface area contributed by atoms with Crippen molar-refractivity contribution >= 4 is 23.4 Å². The topological polar surface area (TPSA) is 53.0 Å². The van der Waals surface area contributed by atoms with Crippen LogP contribution in [0.4, 0.5) is 5.82 Å². The molecule has 1 aliphatic rings. The van der Waals surface area contributed by atoms with E-state index in [-0.39, 0.29) is 0 Å². The van der Waals surface area contributed by atoms with Gasteiger partial charge in [-0.25, -0.2) is 4.98 Å². The first-order valence-electron chi connectivity index (χ1n) is 9.10. The summed E-state index contributed by atoms with van der Waals surface area (Å²) < 4.78 is 5.45. The first-order chi connectivity index (χ1) is 13.2. The summed E-state index contributed by atoms with van der Waals surface area (Å²) in [4.78, 5) is 13.4. The molecule has 0 amide bonds. The summed E-state index contributed by atoms with van der Waals surface area (Å²) in [7, 11) is 3.81. The lowest BCUT2D eigenvalue weighted by molar-refractivity contribution is 0.122. The van der Waals surface area contributed by atoms with Crippen LogP contribution in [-0.2, 0) is 17.8 Å². The van der Waals surface area contributed by atoms with Crippen LogP contribution in [0.2, 0.25) is 5.02 Å². The summed E-state index contributed by atoms with van der Waals surface area (Å²) in [5.41, 5.74) is 2.29. The maximum absolute atomic E-state index is 6.09. The highest BCUT2D eigenvalue weighted by molar-refractivity contribution is 6.30. The fourth-order valence-corrected chi connectivity index (χ4v) is 3.38. The van der Waals surface area contributed by atoms with E-state index in [0.29, 0.717) is 6.54 Å². The van der Waals surface area contributed by atoms with Crippen LogP contribution in [0.15, 0.2) is 47.6 Å². The van der Waals surface area contributed by atoms with Crippen molar-refractivity contribution in [3.63, 3.8) is 0 Å². The van der Waals surface area contributed by atoms with Crippen molar-refractivity contribution in [3.05, 3.63) is 58.7 Å². The lowest BCUT2D eigenvalue weighted by atomic mass is 10.2. The van der Waals surface area contributed by atoms with Crippen LogP contribution in [0, 0.1) is 0 Å². The quantitative estimate of drug-likeness (QED) is 0.631. The number of morpholine rings is 1. The highest BCUT2D eigenvalue weighted by Crippen LogP contribution is 2.18. The fraction of sp³-hybridized carbons (Fsp3) is 0.400. The Kier molecular flexibility index (Phi) is 6.90. The summed E-state index contributed by atoms with van der Waals surface area (Å²) in [6, 6.07) is 12.0. The Hall–Kier alpha value is -2.31. The Morgan fingerprint density at radius 1 is 1.30 bits per heavy atom. The Labute approximate surface area is 165 Å². The summed E-state index contributed by atoms with van der Waals surface area (Å²) in [6.07, 6.45) is 1.84. The molecule has 1 saturated heterocycles. The number of halogens is 1. The number of aromatic nitrogens is 1. The number of rotatable bonds is 5. The maximum atomic E-state index is 6.09. The Morgan fingerprint density at radius 3 is 2.85 bits per heavy atom. The average molecular weight is 388 g/mol. The standard InChI is InChI=1S/C20H26ClN5O/c1-22-20(25(2)15-16-5-3-7-18(21)13-16)24-14-17-6-4-8-23-19(17)26-9-11-27-12-10-26/h3-8,13H,9-12,14-15H2,1-2H3,(H,22,24). The van der Waals surface area contributed by atoms with Crippen LogP contribution in [-0.4, -0.2) is 56.2 Å². The van der Waals surface area contributed by atoms with Gasteiger partial charge in [-0.05, 0) is 23.8 Å². The largest absolute Gasteiger partial charge is 0.378 e. The second kappa shape index (κ2) is 9.58. The van der Waals surface area contributed by atoms with Crippen LogP contribution in [0.25, 0.3) is 0 Å². The third-order valence-corrected chi connectivity index (χ3v) is 4.73. The molecule has 1 aliphatic heterocycles. The van der Waals surface area contributed by atoms with E-state index < -0.39 is 0 Å². The van der Waals surface area contributed by atoms with E-state index in [2.05, 4.69) is 37.2 Å². The Bertz CT molecular complexity index is 776. The lowest BCUT2D eigenvalue weighted by Gasteiger charge is -2.30. The van der Waals surface area contributed by atoms with Gasteiger partial charge in [-0.15, -0.1) is 0 Å². The number of ether oxygens (including phenoxy) is 1. The SMILES string of the molecule is CN=C(NCc1cccnc1N1CCOCC1)N(C)Cc1cccc(Cl)c1. The smallest absolute Gasteiger partial charge is 0.193 e. The predicted octanol–water partition coefficient (Wildman–Crippen LogP) is 2.78. The van der Waals surface area contributed by atoms with E-state index in [1.165, 1.54) is 0 Å². The number of benzene rings is 1. The second-order valence-electron chi connectivity index (χ2n) is 6.47. The normalized spacial score (nSPS) is 14.9. The lowest BCUT2D eigenvalue weighted by Crippen LogP contribution is -2.40. The molecule has 27 heavy (non-hydrogen) atoms. The Morgan fingerprint density at radius 2 is 2.11 bits per heavy atom. The van der Waals surface area contributed by atoms with Gasteiger partial charge in [0.1, 0.15) is 5.82 Å². The number of hydrogen-bond donors (Lipinski definition) is 1. The molecule has 7 heteroatoms. The molecule has 1 aromatic heterocycles. The highest BCUT2D eigenvalue weighted by atomic mass is 35.5. The summed E-state index contributed by atoms with van der Waals surface area (Å²) in [5, 5.41) is 4.19. The highest BCUT2D eigenvalue weighted by Gasteiger charge is 2.16. The van der Waals surface area contributed by atoms with Crippen molar-refractivity contribution in [1.29, 1.82) is 0 Å². The number of guanidine groups is 1. The first-order valence-corrected chi connectivity index (χ1v) is 9.48. The zero-order chi connectivity index (χ0) is 19.1. The van der Waals surface area contributed by atoms with Crippen LogP contribution in [0.5, 0.6) is 0 Å². The molecule has 1 N–H and O–H groups in total. The van der Waals surface area contributed by atoms with E-state index in [9.17, 15) is 0 Å². The van der Waals surface area contributed by atoms with Crippen molar-refractivity contribution in [2.24, 2.45) is 4.99 Å². The zero-order valence-electron chi connectivity index (χ0n) is 15.9. The zero-order valence-corrected chi connectivity index (χ0v) is 16.6. The number of hydrogen-bond acceptors (Lipinski definition) is 4. The predicted molar refractivity (Wildman–Crippen MR) is 110 cm³/mol. The summed E-state index contributed by atoms with van der Waals surface area (Å²) in [5.74, 6) is 1.84. The molecule has 2 heterocycles. The molecule has 0 atom stereocenters. The first kappa shape index (κ1) is 19.5.